The minimum absolute atomic E-state index is 0.453. The van der Waals surface area contributed by atoms with E-state index in [0.29, 0.717) is 6.04 Å². The largest absolute Gasteiger partial charge is 0.350 e. The minimum Gasteiger partial charge on any atom is -0.350 e. The fourth-order valence-electron chi connectivity index (χ4n) is 3.45. The maximum Gasteiger partial charge on any atom is 0.242 e. The van der Waals surface area contributed by atoms with Gasteiger partial charge in [-0.05, 0) is 37.0 Å². The summed E-state index contributed by atoms with van der Waals surface area (Å²) < 4.78 is 1.82. The lowest BCUT2D eigenvalue weighted by atomic mass is 10.0. The van der Waals surface area contributed by atoms with Crippen LogP contribution in [0.5, 0.6) is 0 Å². The number of likely N-dealkylation sites (tertiary alicyclic amines) is 1. The molecule has 0 saturated carbocycles. The van der Waals surface area contributed by atoms with E-state index in [1.165, 1.54) is 5.56 Å². The van der Waals surface area contributed by atoms with E-state index < -0.39 is 0 Å². The van der Waals surface area contributed by atoms with Crippen LogP contribution in [0.3, 0.4) is 0 Å². The lowest BCUT2D eigenvalue weighted by molar-refractivity contribution is 0.221. The van der Waals surface area contributed by atoms with Crippen molar-refractivity contribution in [3.63, 3.8) is 0 Å². The molecule has 0 aliphatic carbocycles. The molecule has 0 unspecified atom stereocenters. The number of nitrogens with one attached hydrogen (secondary N) is 1. The van der Waals surface area contributed by atoms with Crippen molar-refractivity contribution in [2.24, 2.45) is 0 Å². The molecule has 5 heteroatoms. The maximum atomic E-state index is 4.55. The average Bonchev–Trinajstić information content (AvgIpc) is 3.17. The Balaban J connectivity index is 1.25. The Kier molecular flexibility index (Phi) is 5.26. The topological polar surface area (TPSA) is 46.0 Å². The Morgan fingerprint density at radius 1 is 0.923 bits per heavy atom. The summed E-state index contributed by atoms with van der Waals surface area (Å²) in [5, 5.41) is 8.05. The highest BCUT2D eigenvalue weighted by Gasteiger charge is 2.19. The van der Waals surface area contributed by atoms with Gasteiger partial charge in [-0.15, -0.1) is 5.10 Å². The van der Waals surface area contributed by atoms with Gasteiger partial charge in [0.1, 0.15) is 6.33 Å². The molecule has 1 fully saturated rings. The van der Waals surface area contributed by atoms with Crippen molar-refractivity contribution in [2.45, 2.75) is 25.3 Å². The fourth-order valence-corrected chi connectivity index (χ4v) is 3.45. The third-order valence-corrected chi connectivity index (χ3v) is 4.99. The van der Waals surface area contributed by atoms with Crippen molar-refractivity contribution >= 4 is 5.95 Å². The monoisotopic (exact) mass is 347 g/mol. The summed E-state index contributed by atoms with van der Waals surface area (Å²) in [6, 6.07) is 21.3. The molecule has 2 aromatic carbocycles. The Hall–Kier alpha value is -2.66. The quantitative estimate of drug-likeness (QED) is 0.742. The average molecular weight is 347 g/mol. The molecule has 134 valence electrons. The van der Waals surface area contributed by atoms with Crippen LogP contribution in [-0.4, -0.2) is 45.3 Å². The number of piperidine rings is 1. The highest BCUT2D eigenvalue weighted by atomic mass is 15.4. The van der Waals surface area contributed by atoms with E-state index >= 15 is 0 Å². The number of para-hydroxylation sites is 1. The lowest BCUT2D eigenvalue weighted by Gasteiger charge is -2.32. The van der Waals surface area contributed by atoms with Gasteiger partial charge in [0, 0.05) is 25.7 Å². The summed E-state index contributed by atoms with van der Waals surface area (Å²) in [6.45, 7) is 3.39. The van der Waals surface area contributed by atoms with Gasteiger partial charge in [0.25, 0.3) is 0 Å². The normalized spacial score (nSPS) is 15.8. The van der Waals surface area contributed by atoms with Crippen LogP contribution in [0, 0.1) is 0 Å². The molecule has 0 bridgehead atoms. The van der Waals surface area contributed by atoms with E-state index in [0.717, 1.165) is 50.5 Å². The Morgan fingerprint density at radius 3 is 2.35 bits per heavy atom. The summed E-state index contributed by atoms with van der Waals surface area (Å²) in [5.74, 6) is 0.719. The molecule has 1 aliphatic heterocycles. The van der Waals surface area contributed by atoms with Crippen molar-refractivity contribution < 1.29 is 0 Å². The van der Waals surface area contributed by atoms with Crippen LogP contribution in [0.1, 0.15) is 18.4 Å². The first-order chi connectivity index (χ1) is 12.9. The van der Waals surface area contributed by atoms with Crippen LogP contribution in [0.4, 0.5) is 5.95 Å². The summed E-state index contributed by atoms with van der Waals surface area (Å²) in [5.41, 5.74) is 2.45. The summed E-state index contributed by atoms with van der Waals surface area (Å²) in [7, 11) is 0. The predicted octanol–water partition coefficient (Wildman–Crippen LogP) is 3.39. The van der Waals surface area contributed by atoms with E-state index in [2.05, 4.69) is 50.6 Å². The van der Waals surface area contributed by atoms with Crippen LogP contribution in [0.25, 0.3) is 5.69 Å². The van der Waals surface area contributed by atoms with Crippen molar-refractivity contribution in [3.05, 3.63) is 72.6 Å². The van der Waals surface area contributed by atoms with Gasteiger partial charge in [0.15, 0.2) is 0 Å². The maximum absolute atomic E-state index is 4.55. The van der Waals surface area contributed by atoms with Gasteiger partial charge < -0.3 is 10.2 Å². The third-order valence-electron chi connectivity index (χ3n) is 4.99. The molecule has 3 aromatic rings. The number of nitrogens with zero attached hydrogens (tertiary/aromatic N) is 4. The van der Waals surface area contributed by atoms with E-state index in [4.69, 9.17) is 0 Å². The zero-order valence-corrected chi connectivity index (χ0v) is 15.0. The van der Waals surface area contributed by atoms with Crippen molar-refractivity contribution in [3.8, 4) is 5.69 Å². The van der Waals surface area contributed by atoms with Crippen LogP contribution >= 0.6 is 0 Å². The molecule has 1 aromatic heterocycles. The van der Waals surface area contributed by atoms with Crippen LogP contribution in [0.2, 0.25) is 0 Å². The molecule has 0 amide bonds. The molecule has 0 radical (unpaired) electrons. The molecule has 4 rings (SSSR count). The van der Waals surface area contributed by atoms with Crippen LogP contribution in [0.15, 0.2) is 67.0 Å². The van der Waals surface area contributed by atoms with Gasteiger partial charge in [-0.2, -0.15) is 0 Å². The van der Waals surface area contributed by atoms with Crippen molar-refractivity contribution in [2.75, 3.05) is 25.0 Å². The van der Waals surface area contributed by atoms with E-state index in [-0.39, 0.29) is 0 Å². The predicted molar refractivity (Wildman–Crippen MR) is 105 cm³/mol. The Labute approximate surface area is 154 Å². The van der Waals surface area contributed by atoms with E-state index in [1.807, 2.05) is 35.0 Å². The molecule has 5 nitrogen and oxygen atoms in total. The van der Waals surface area contributed by atoms with Crippen molar-refractivity contribution in [1.82, 2.24) is 19.7 Å². The van der Waals surface area contributed by atoms with Crippen LogP contribution < -0.4 is 5.32 Å². The zero-order chi connectivity index (χ0) is 17.6. The van der Waals surface area contributed by atoms with Gasteiger partial charge in [-0.3, -0.25) is 0 Å². The molecule has 1 aliphatic rings. The van der Waals surface area contributed by atoms with Gasteiger partial charge >= 0.3 is 0 Å². The van der Waals surface area contributed by atoms with Crippen LogP contribution in [-0.2, 0) is 6.42 Å². The highest BCUT2D eigenvalue weighted by molar-refractivity contribution is 5.32. The molecule has 2 heterocycles. The molecular weight excluding hydrogens is 322 g/mol. The molecule has 0 spiro atoms. The molecule has 0 atom stereocenters. The third kappa shape index (κ3) is 4.29. The second-order valence-corrected chi connectivity index (χ2v) is 6.84. The van der Waals surface area contributed by atoms with Crippen molar-refractivity contribution in [1.29, 1.82) is 0 Å². The summed E-state index contributed by atoms with van der Waals surface area (Å²) in [6.07, 6.45) is 5.16. The van der Waals surface area contributed by atoms with Gasteiger partial charge in [0.2, 0.25) is 5.95 Å². The first-order valence-electron chi connectivity index (χ1n) is 9.37. The highest BCUT2D eigenvalue weighted by Crippen LogP contribution is 2.15. The lowest BCUT2D eigenvalue weighted by Crippen LogP contribution is -2.40. The number of hydrogen-bond donors (Lipinski definition) is 1. The summed E-state index contributed by atoms with van der Waals surface area (Å²) >= 11 is 0. The number of anilines is 1. The van der Waals surface area contributed by atoms with E-state index in [1.54, 1.807) is 6.33 Å². The molecular formula is C21H25N5. The smallest absolute Gasteiger partial charge is 0.242 e. The number of hydrogen-bond acceptors (Lipinski definition) is 4. The Bertz CT molecular complexity index is 792. The van der Waals surface area contributed by atoms with Gasteiger partial charge in [-0.25, -0.2) is 9.67 Å². The second kappa shape index (κ2) is 8.15. The minimum atomic E-state index is 0.453. The SMILES string of the molecule is c1ccc(CCN2CCC(Nc3ncn(-c4ccccc4)n3)CC2)cc1. The number of aromatic nitrogens is 3. The molecule has 1 saturated heterocycles. The molecule has 26 heavy (non-hydrogen) atoms. The fraction of sp³-hybridized carbons (Fsp3) is 0.333. The van der Waals surface area contributed by atoms with E-state index in [9.17, 15) is 0 Å². The summed E-state index contributed by atoms with van der Waals surface area (Å²) in [4.78, 5) is 6.97. The molecule has 1 N–H and O–H groups in total. The first-order valence-corrected chi connectivity index (χ1v) is 9.37. The van der Waals surface area contributed by atoms with Gasteiger partial charge in [-0.1, -0.05) is 48.5 Å². The Morgan fingerprint density at radius 2 is 1.62 bits per heavy atom. The number of rotatable bonds is 6. The standard InChI is InChI=1S/C21H25N5/c1-3-7-18(8-4-1)11-14-25-15-12-19(13-16-25)23-21-22-17-26(24-21)20-9-5-2-6-10-20/h1-10,17,19H,11-16H2,(H,23,24). The zero-order valence-electron chi connectivity index (χ0n) is 15.0. The number of benzene rings is 2. The first kappa shape index (κ1) is 16.8. The van der Waals surface area contributed by atoms with Gasteiger partial charge in [0.05, 0.1) is 5.69 Å². The second-order valence-electron chi connectivity index (χ2n) is 6.84.